The molecule has 1 saturated heterocycles. The molecular formula is C18H21N3O3. The molecular weight excluding hydrogens is 306 g/mol. The normalized spacial score (nSPS) is 17.8. The average Bonchev–Trinajstić information content (AvgIpc) is 2.61. The quantitative estimate of drug-likeness (QED) is 0.792. The molecule has 1 fully saturated rings. The maximum atomic E-state index is 12.9. The van der Waals surface area contributed by atoms with Crippen molar-refractivity contribution < 1.29 is 14.3 Å². The SMILES string of the molecule is COC(=O)C1CCCCN1C(=O)c1ccc2nc(C)c(C)nc2c1. The monoisotopic (exact) mass is 327 g/mol. The van der Waals surface area contributed by atoms with Crippen molar-refractivity contribution in [1.82, 2.24) is 14.9 Å². The van der Waals surface area contributed by atoms with Gasteiger partial charge in [0.15, 0.2) is 0 Å². The largest absolute Gasteiger partial charge is 0.467 e. The van der Waals surface area contributed by atoms with Gasteiger partial charge < -0.3 is 9.64 Å². The number of hydrogen-bond donors (Lipinski definition) is 0. The minimum atomic E-state index is -0.502. The number of nitrogens with zero attached hydrogens (tertiary/aromatic N) is 3. The van der Waals surface area contributed by atoms with Crippen LogP contribution in [0.15, 0.2) is 18.2 Å². The Labute approximate surface area is 140 Å². The average molecular weight is 327 g/mol. The summed E-state index contributed by atoms with van der Waals surface area (Å²) in [4.78, 5) is 35.5. The summed E-state index contributed by atoms with van der Waals surface area (Å²) in [6.07, 6.45) is 2.46. The van der Waals surface area contributed by atoms with Crippen LogP contribution in [-0.4, -0.2) is 46.4 Å². The van der Waals surface area contributed by atoms with Crippen molar-refractivity contribution in [3.8, 4) is 0 Å². The molecule has 1 aromatic carbocycles. The summed E-state index contributed by atoms with van der Waals surface area (Å²) in [5, 5.41) is 0. The number of aryl methyl sites for hydroxylation is 2. The fourth-order valence-electron chi connectivity index (χ4n) is 3.09. The third-order valence-electron chi connectivity index (χ3n) is 4.56. The molecule has 1 aromatic heterocycles. The molecule has 0 spiro atoms. The van der Waals surface area contributed by atoms with Gasteiger partial charge in [0.2, 0.25) is 0 Å². The van der Waals surface area contributed by atoms with Crippen LogP contribution in [0.1, 0.15) is 41.0 Å². The summed E-state index contributed by atoms with van der Waals surface area (Å²) < 4.78 is 4.85. The predicted molar refractivity (Wildman–Crippen MR) is 89.7 cm³/mol. The second-order valence-electron chi connectivity index (χ2n) is 6.13. The highest BCUT2D eigenvalue weighted by atomic mass is 16.5. The molecule has 126 valence electrons. The summed E-state index contributed by atoms with van der Waals surface area (Å²) in [6, 6.07) is 4.80. The van der Waals surface area contributed by atoms with E-state index in [0.717, 1.165) is 29.7 Å². The molecule has 1 unspecified atom stereocenters. The molecule has 1 aliphatic heterocycles. The van der Waals surface area contributed by atoms with Gasteiger partial charge in [-0.25, -0.2) is 14.8 Å². The Bertz CT molecular complexity index is 803. The maximum absolute atomic E-state index is 12.9. The third kappa shape index (κ3) is 2.96. The van der Waals surface area contributed by atoms with E-state index >= 15 is 0 Å². The van der Waals surface area contributed by atoms with Gasteiger partial charge >= 0.3 is 5.97 Å². The number of rotatable bonds is 2. The highest BCUT2D eigenvalue weighted by Gasteiger charge is 2.33. The lowest BCUT2D eigenvalue weighted by atomic mass is 10.0. The van der Waals surface area contributed by atoms with Gasteiger partial charge in [0, 0.05) is 12.1 Å². The molecule has 6 heteroatoms. The van der Waals surface area contributed by atoms with E-state index < -0.39 is 6.04 Å². The molecule has 0 N–H and O–H groups in total. The van der Waals surface area contributed by atoms with Gasteiger partial charge in [0.1, 0.15) is 6.04 Å². The Balaban J connectivity index is 1.94. The summed E-state index contributed by atoms with van der Waals surface area (Å²) in [7, 11) is 1.36. The van der Waals surface area contributed by atoms with Crippen LogP contribution >= 0.6 is 0 Å². The van der Waals surface area contributed by atoms with Gasteiger partial charge in [-0.2, -0.15) is 0 Å². The predicted octanol–water partition coefficient (Wildman–Crippen LogP) is 2.41. The van der Waals surface area contributed by atoms with Crippen LogP contribution in [0.2, 0.25) is 0 Å². The van der Waals surface area contributed by atoms with Crippen molar-refractivity contribution >= 4 is 22.9 Å². The van der Waals surface area contributed by atoms with Crippen molar-refractivity contribution in [1.29, 1.82) is 0 Å². The van der Waals surface area contributed by atoms with Gasteiger partial charge in [0.25, 0.3) is 5.91 Å². The number of amides is 1. The number of ether oxygens (including phenoxy) is 1. The van der Waals surface area contributed by atoms with Gasteiger partial charge in [-0.05, 0) is 51.3 Å². The lowest BCUT2D eigenvalue weighted by molar-refractivity contribution is -0.147. The van der Waals surface area contributed by atoms with Crippen molar-refractivity contribution in [3.63, 3.8) is 0 Å². The standard InChI is InChI=1S/C18H21N3O3/c1-11-12(2)20-15-10-13(7-8-14(15)19-11)17(22)21-9-5-4-6-16(21)18(23)24-3/h7-8,10,16H,4-6,9H2,1-3H3. The van der Waals surface area contributed by atoms with Crippen LogP contribution < -0.4 is 0 Å². The first kappa shape index (κ1) is 16.4. The van der Waals surface area contributed by atoms with Crippen molar-refractivity contribution in [2.24, 2.45) is 0 Å². The molecule has 3 rings (SSSR count). The molecule has 0 radical (unpaired) electrons. The zero-order valence-electron chi connectivity index (χ0n) is 14.2. The number of aromatic nitrogens is 2. The minimum Gasteiger partial charge on any atom is -0.467 e. The molecule has 1 atom stereocenters. The lowest BCUT2D eigenvalue weighted by Crippen LogP contribution is -2.48. The first-order chi connectivity index (χ1) is 11.5. The number of fused-ring (bicyclic) bond motifs is 1. The molecule has 0 bridgehead atoms. The Kier molecular flexibility index (Phi) is 4.46. The van der Waals surface area contributed by atoms with Crippen LogP contribution in [0.25, 0.3) is 11.0 Å². The Morgan fingerprint density at radius 2 is 1.83 bits per heavy atom. The molecule has 1 amide bonds. The number of carbonyl (C=O) groups excluding carboxylic acids is 2. The van der Waals surface area contributed by atoms with Gasteiger partial charge in [-0.15, -0.1) is 0 Å². The summed E-state index contributed by atoms with van der Waals surface area (Å²) >= 11 is 0. The Morgan fingerprint density at radius 1 is 1.12 bits per heavy atom. The van der Waals surface area contributed by atoms with Gasteiger partial charge in [0.05, 0.1) is 29.5 Å². The molecule has 6 nitrogen and oxygen atoms in total. The number of carbonyl (C=O) groups is 2. The molecule has 24 heavy (non-hydrogen) atoms. The fourth-order valence-corrected chi connectivity index (χ4v) is 3.09. The second-order valence-corrected chi connectivity index (χ2v) is 6.13. The van der Waals surface area contributed by atoms with Crippen LogP contribution in [0.5, 0.6) is 0 Å². The minimum absolute atomic E-state index is 0.160. The summed E-state index contributed by atoms with van der Waals surface area (Å²) in [5.74, 6) is -0.512. The molecule has 2 aromatic rings. The smallest absolute Gasteiger partial charge is 0.328 e. The van der Waals surface area contributed by atoms with Crippen LogP contribution in [0.3, 0.4) is 0 Å². The maximum Gasteiger partial charge on any atom is 0.328 e. The van der Waals surface area contributed by atoms with E-state index in [1.165, 1.54) is 7.11 Å². The first-order valence-corrected chi connectivity index (χ1v) is 8.15. The highest BCUT2D eigenvalue weighted by molar-refractivity contribution is 5.99. The van der Waals surface area contributed by atoms with Crippen LogP contribution in [0.4, 0.5) is 0 Å². The van der Waals surface area contributed by atoms with E-state index in [-0.39, 0.29) is 11.9 Å². The number of piperidine rings is 1. The zero-order valence-corrected chi connectivity index (χ0v) is 14.2. The number of methoxy groups -OCH3 is 1. The molecule has 0 aliphatic carbocycles. The molecule has 0 saturated carbocycles. The van der Waals surface area contributed by atoms with E-state index in [0.29, 0.717) is 24.0 Å². The number of likely N-dealkylation sites (tertiary alicyclic amines) is 1. The summed E-state index contributed by atoms with van der Waals surface area (Å²) in [6.45, 7) is 4.37. The summed E-state index contributed by atoms with van der Waals surface area (Å²) in [5.41, 5.74) is 3.70. The van der Waals surface area contributed by atoms with E-state index in [4.69, 9.17) is 4.74 Å². The van der Waals surface area contributed by atoms with Crippen molar-refractivity contribution in [2.75, 3.05) is 13.7 Å². The van der Waals surface area contributed by atoms with Crippen molar-refractivity contribution in [3.05, 3.63) is 35.2 Å². The third-order valence-corrected chi connectivity index (χ3v) is 4.56. The molecule has 2 heterocycles. The second kappa shape index (κ2) is 6.55. The first-order valence-electron chi connectivity index (χ1n) is 8.15. The van der Waals surface area contributed by atoms with E-state index in [1.54, 1.807) is 23.1 Å². The van der Waals surface area contributed by atoms with Gasteiger partial charge in [-0.3, -0.25) is 4.79 Å². The van der Waals surface area contributed by atoms with Crippen LogP contribution in [0, 0.1) is 13.8 Å². The molecule has 1 aliphatic rings. The zero-order chi connectivity index (χ0) is 17.3. The Hall–Kier alpha value is -2.50. The lowest BCUT2D eigenvalue weighted by Gasteiger charge is -2.33. The van der Waals surface area contributed by atoms with E-state index in [2.05, 4.69) is 9.97 Å². The topological polar surface area (TPSA) is 72.4 Å². The number of hydrogen-bond acceptors (Lipinski definition) is 5. The Morgan fingerprint density at radius 3 is 2.54 bits per heavy atom. The highest BCUT2D eigenvalue weighted by Crippen LogP contribution is 2.22. The van der Waals surface area contributed by atoms with Crippen molar-refractivity contribution in [2.45, 2.75) is 39.2 Å². The van der Waals surface area contributed by atoms with E-state index in [1.807, 2.05) is 13.8 Å². The number of esters is 1. The van der Waals surface area contributed by atoms with E-state index in [9.17, 15) is 9.59 Å². The fraction of sp³-hybridized carbons (Fsp3) is 0.444. The van der Waals surface area contributed by atoms with Crippen LogP contribution in [-0.2, 0) is 9.53 Å². The number of benzene rings is 1. The van der Waals surface area contributed by atoms with Gasteiger partial charge in [-0.1, -0.05) is 0 Å².